The average Bonchev–Trinajstić information content (AvgIpc) is 2.56. The second kappa shape index (κ2) is 4.87. The van der Waals surface area contributed by atoms with Gasteiger partial charge in [0.15, 0.2) is 0 Å². The molecule has 2 rings (SSSR count). The number of fused-ring (bicyclic) bond motifs is 1. The molecule has 0 N–H and O–H groups in total. The fraction of sp³-hybridized carbons (Fsp3) is 0.333. The molecule has 2 heterocycles. The normalized spacial score (nSPS) is 10.8. The fourth-order valence-electron chi connectivity index (χ4n) is 1.70. The molecule has 0 aliphatic heterocycles. The van der Waals surface area contributed by atoms with Crippen molar-refractivity contribution in [1.29, 1.82) is 0 Å². The van der Waals surface area contributed by atoms with E-state index in [0.717, 1.165) is 21.2 Å². The van der Waals surface area contributed by atoms with Gasteiger partial charge in [-0.2, -0.15) is 0 Å². The van der Waals surface area contributed by atoms with Crippen LogP contribution in [0.5, 0.6) is 0 Å². The van der Waals surface area contributed by atoms with E-state index < -0.39 is 0 Å². The van der Waals surface area contributed by atoms with Crippen LogP contribution in [0.1, 0.15) is 12.6 Å². The largest absolute Gasteiger partial charge is 0.465 e. The Kier molecular flexibility index (Phi) is 3.47. The number of carbonyl (C=O) groups excluding carboxylic acids is 1. The number of hydrogen-bond acceptors (Lipinski definition) is 3. The molecule has 0 spiro atoms. The lowest BCUT2D eigenvalue weighted by Gasteiger charge is -2.04. The highest BCUT2D eigenvalue weighted by atomic mass is 79.9. The van der Waals surface area contributed by atoms with Crippen molar-refractivity contribution < 1.29 is 9.53 Å². The molecule has 2 aromatic heterocycles. The maximum atomic E-state index is 11.5. The number of ether oxygens (including phenoxy) is 1. The Hall–Kier alpha value is -1.36. The first kappa shape index (κ1) is 12.1. The molecule has 0 saturated heterocycles. The Morgan fingerprint density at radius 1 is 1.53 bits per heavy atom. The van der Waals surface area contributed by atoms with Crippen molar-refractivity contribution in [3.05, 3.63) is 28.5 Å². The Bertz CT molecular complexity index is 563. The molecule has 0 aliphatic rings. The molecule has 0 aromatic carbocycles. The Morgan fingerprint density at radius 2 is 2.29 bits per heavy atom. The van der Waals surface area contributed by atoms with Gasteiger partial charge in [0.2, 0.25) is 0 Å². The molecule has 0 radical (unpaired) electrons. The van der Waals surface area contributed by atoms with E-state index in [-0.39, 0.29) is 12.5 Å². The van der Waals surface area contributed by atoms with Crippen LogP contribution in [-0.2, 0) is 16.1 Å². The van der Waals surface area contributed by atoms with Gasteiger partial charge in [-0.15, -0.1) is 0 Å². The van der Waals surface area contributed by atoms with Crippen LogP contribution < -0.4 is 0 Å². The van der Waals surface area contributed by atoms with E-state index in [1.54, 1.807) is 6.92 Å². The summed E-state index contributed by atoms with van der Waals surface area (Å²) in [4.78, 5) is 15.9. The summed E-state index contributed by atoms with van der Waals surface area (Å²) in [7, 11) is 0. The van der Waals surface area contributed by atoms with E-state index in [9.17, 15) is 4.79 Å². The molecule has 90 valence electrons. The van der Waals surface area contributed by atoms with E-state index in [4.69, 9.17) is 4.74 Å². The molecule has 0 bridgehead atoms. The maximum absolute atomic E-state index is 11.5. The second-order valence-corrected chi connectivity index (χ2v) is 4.58. The highest BCUT2D eigenvalue weighted by molar-refractivity contribution is 9.10. The summed E-state index contributed by atoms with van der Waals surface area (Å²) in [5.41, 5.74) is 2.75. The number of halogens is 1. The van der Waals surface area contributed by atoms with Gasteiger partial charge in [0.05, 0.1) is 16.6 Å². The molecule has 0 amide bonds. The van der Waals surface area contributed by atoms with Gasteiger partial charge in [0.25, 0.3) is 0 Å². The average molecular weight is 297 g/mol. The highest BCUT2D eigenvalue weighted by Gasteiger charge is 2.11. The quantitative estimate of drug-likeness (QED) is 0.818. The molecular weight excluding hydrogens is 284 g/mol. The van der Waals surface area contributed by atoms with Crippen molar-refractivity contribution in [2.75, 3.05) is 6.61 Å². The molecule has 17 heavy (non-hydrogen) atoms. The van der Waals surface area contributed by atoms with Crippen LogP contribution in [0.15, 0.2) is 22.8 Å². The van der Waals surface area contributed by atoms with Crippen molar-refractivity contribution in [2.24, 2.45) is 0 Å². The topological polar surface area (TPSA) is 44.1 Å². The number of aryl methyl sites for hydroxylation is 1. The van der Waals surface area contributed by atoms with Gasteiger partial charge in [-0.05, 0) is 41.9 Å². The van der Waals surface area contributed by atoms with E-state index in [1.807, 2.05) is 29.8 Å². The van der Waals surface area contributed by atoms with Crippen molar-refractivity contribution in [1.82, 2.24) is 9.55 Å². The van der Waals surface area contributed by atoms with Crippen molar-refractivity contribution in [3.63, 3.8) is 0 Å². The zero-order chi connectivity index (χ0) is 12.4. The molecule has 5 heteroatoms. The van der Waals surface area contributed by atoms with E-state index in [0.29, 0.717) is 6.61 Å². The van der Waals surface area contributed by atoms with Crippen LogP contribution in [0.4, 0.5) is 0 Å². The minimum absolute atomic E-state index is 0.209. The van der Waals surface area contributed by atoms with Crippen LogP contribution in [0.25, 0.3) is 11.0 Å². The van der Waals surface area contributed by atoms with Crippen molar-refractivity contribution in [2.45, 2.75) is 20.4 Å². The lowest BCUT2D eigenvalue weighted by atomic mass is 10.3. The number of pyridine rings is 1. The molecule has 0 atom stereocenters. The zero-order valence-corrected chi connectivity index (χ0v) is 11.3. The maximum Gasteiger partial charge on any atom is 0.325 e. The van der Waals surface area contributed by atoms with Gasteiger partial charge in [-0.1, -0.05) is 0 Å². The number of hydrogen-bond donors (Lipinski definition) is 0. The molecule has 2 aromatic rings. The number of carbonyl (C=O) groups is 1. The van der Waals surface area contributed by atoms with Crippen LogP contribution in [0, 0.1) is 6.92 Å². The summed E-state index contributed by atoms with van der Waals surface area (Å²) in [5.74, 6) is -0.238. The first-order valence-electron chi connectivity index (χ1n) is 5.39. The Morgan fingerprint density at radius 3 is 3.00 bits per heavy atom. The van der Waals surface area contributed by atoms with Gasteiger partial charge < -0.3 is 9.30 Å². The second-order valence-electron chi connectivity index (χ2n) is 3.73. The van der Waals surface area contributed by atoms with Crippen LogP contribution in [0.2, 0.25) is 0 Å². The lowest BCUT2D eigenvalue weighted by molar-refractivity contribution is -0.143. The Balaban J connectivity index is 2.38. The van der Waals surface area contributed by atoms with Gasteiger partial charge in [-0.3, -0.25) is 9.78 Å². The third kappa shape index (κ3) is 2.49. The number of esters is 1. The minimum atomic E-state index is -0.238. The molecule has 0 aliphatic carbocycles. The monoisotopic (exact) mass is 296 g/mol. The smallest absolute Gasteiger partial charge is 0.325 e. The molecule has 0 unspecified atom stereocenters. The fourth-order valence-corrected chi connectivity index (χ4v) is 2.24. The number of nitrogens with zero attached hydrogens (tertiary/aromatic N) is 2. The highest BCUT2D eigenvalue weighted by Crippen LogP contribution is 2.24. The van der Waals surface area contributed by atoms with E-state index >= 15 is 0 Å². The summed E-state index contributed by atoms with van der Waals surface area (Å²) in [6.45, 7) is 4.35. The predicted molar refractivity (Wildman–Crippen MR) is 68.8 cm³/mol. The third-order valence-corrected chi connectivity index (χ3v) is 3.00. The number of rotatable bonds is 3. The summed E-state index contributed by atoms with van der Waals surface area (Å²) in [6.07, 6.45) is 1.86. The summed E-state index contributed by atoms with van der Waals surface area (Å²) >= 11 is 3.45. The van der Waals surface area contributed by atoms with Crippen molar-refractivity contribution >= 4 is 32.9 Å². The first-order chi connectivity index (χ1) is 8.11. The standard InChI is InChI=1S/C12H13BrN2O2/c1-3-17-11(16)7-15-6-9(13)12-10(15)5-4-8(2)14-12/h4-6H,3,7H2,1-2H3. The van der Waals surface area contributed by atoms with Gasteiger partial charge in [0.1, 0.15) is 12.1 Å². The SMILES string of the molecule is CCOC(=O)Cn1cc(Br)c2nc(C)ccc21. The Labute approximate surface area is 108 Å². The lowest BCUT2D eigenvalue weighted by Crippen LogP contribution is -2.12. The summed E-state index contributed by atoms with van der Waals surface area (Å²) in [6, 6.07) is 3.89. The zero-order valence-electron chi connectivity index (χ0n) is 9.74. The van der Waals surface area contributed by atoms with Gasteiger partial charge in [0, 0.05) is 11.9 Å². The van der Waals surface area contributed by atoms with Crippen LogP contribution >= 0.6 is 15.9 Å². The third-order valence-electron chi connectivity index (χ3n) is 2.42. The van der Waals surface area contributed by atoms with Crippen molar-refractivity contribution in [3.8, 4) is 0 Å². The summed E-state index contributed by atoms with van der Waals surface area (Å²) in [5, 5.41) is 0. The molecule has 4 nitrogen and oxygen atoms in total. The van der Waals surface area contributed by atoms with E-state index in [2.05, 4.69) is 20.9 Å². The van der Waals surface area contributed by atoms with Gasteiger partial charge >= 0.3 is 5.97 Å². The van der Waals surface area contributed by atoms with Crippen LogP contribution in [0.3, 0.4) is 0 Å². The molecule has 0 saturated carbocycles. The molecule has 0 fully saturated rings. The predicted octanol–water partition coefficient (Wildman–Crippen LogP) is 2.67. The van der Waals surface area contributed by atoms with Gasteiger partial charge in [-0.25, -0.2) is 0 Å². The minimum Gasteiger partial charge on any atom is -0.465 e. The van der Waals surface area contributed by atoms with E-state index in [1.165, 1.54) is 0 Å². The summed E-state index contributed by atoms with van der Waals surface area (Å²) < 4.78 is 7.66. The number of aromatic nitrogens is 2. The van der Waals surface area contributed by atoms with Crippen LogP contribution in [-0.4, -0.2) is 22.1 Å². The first-order valence-corrected chi connectivity index (χ1v) is 6.18. The molecular formula is C12H13BrN2O2.